The zero-order chi connectivity index (χ0) is 12.0. The molecule has 2 nitrogen and oxygen atoms in total. The molecule has 1 aromatic rings. The van der Waals surface area contributed by atoms with E-state index in [9.17, 15) is 9.90 Å². The third-order valence-corrected chi connectivity index (χ3v) is 3.16. The fourth-order valence-corrected chi connectivity index (χ4v) is 1.91. The van der Waals surface area contributed by atoms with Crippen LogP contribution in [0.5, 0.6) is 0 Å². The summed E-state index contributed by atoms with van der Waals surface area (Å²) in [7, 11) is 0. The number of carboxylic acids is 1. The fraction of sp³-hybridized carbons (Fsp3) is 0.500. The zero-order valence-electron chi connectivity index (χ0n) is 10.1. The van der Waals surface area contributed by atoms with E-state index >= 15 is 0 Å². The van der Waals surface area contributed by atoms with Gasteiger partial charge in [-0.1, -0.05) is 56.5 Å². The van der Waals surface area contributed by atoms with Crippen LogP contribution in [0.4, 0.5) is 0 Å². The molecule has 92 valence electrons. The quantitative estimate of drug-likeness (QED) is 0.632. The SMILES string of the molecule is CCCCCC(C)(C(=O)O)c1ccccc1.[CaH2]. The number of benzene rings is 1. The second-order valence-corrected chi connectivity index (χ2v) is 4.46. The molecular formula is C14H22CaO2. The van der Waals surface area contributed by atoms with Gasteiger partial charge in [0.15, 0.2) is 0 Å². The van der Waals surface area contributed by atoms with E-state index in [1.807, 2.05) is 37.3 Å². The Morgan fingerprint density at radius 2 is 1.82 bits per heavy atom. The number of hydrogen-bond donors (Lipinski definition) is 1. The van der Waals surface area contributed by atoms with E-state index in [4.69, 9.17) is 0 Å². The molecule has 0 bridgehead atoms. The maximum atomic E-state index is 11.4. The van der Waals surface area contributed by atoms with Gasteiger partial charge in [-0.25, -0.2) is 0 Å². The third-order valence-electron chi connectivity index (χ3n) is 3.16. The molecule has 0 amide bonds. The molecule has 1 unspecified atom stereocenters. The summed E-state index contributed by atoms with van der Waals surface area (Å²) < 4.78 is 0. The Labute approximate surface area is 133 Å². The summed E-state index contributed by atoms with van der Waals surface area (Å²) in [4.78, 5) is 11.4. The van der Waals surface area contributed by atoms with E-state index in [0.717, 1.165) is 24.8 Å². The van der Waals surface area contributed by atoms with Gasteiger partial charge in [-0.05, 0) is 18.9 Å². The van der Waals surface area contributed by atoms with Crippen molar-refractivity contribution in [3.8, 4) is 0 Å². The first-order chi connectivity index (χ1) is 7.61. The number of hydrogen-bond acceptors (Lipinski definition) is 1. The summed E-state index contributed by atoms with van der Waals surface area (Å²) in [6.45, 7) is 3.95. The van der Waals surface area contributed by atoms with Crippen molar-refractivity contribution in [3.05, 3.63) is 35.9 Å². The fourth-order valence-electron chi connectivity index (χ4n) is 1.91. The minimum atomic E-state index is -0.740. The van der Waals surface area contributed by atoms with Crippen LogP contribution in [0.15, 0.2) is 30.3 Å². The van der Waals surface area contributed by atoms with Crippen LogP contribution in [-0.2, 0) is 10.2 Å². The van der Waals surface area contributed by atoms with Gasteiger partial charge in [0, 0.05) is 0 Å². The van der Waals surface area contributed by atoms with Crippen molar-refractivity contribution in [2.75, 3.05) is 0 Å². The van der Waals surface area contributed by atoms with E-state index in [-0.39, 0.29) is 37.7 Å². The number of unbranched alkanes of at least 4 members (excludes halogenated alkanes) is 2. The first kappa shape index (κ1) is 16.9. The van der Waals surface area contributed by atoms with Crippen molar-refractivity contribution in [1.29, 1.82) is 0 Å². The van der Waals surface area contributed by atoms with Crippen molar-refractivity contribution in [2.45, 2.75) is 44.9 Å². The minimum absolute atomic E-state index is 0. The molecule has 3 heteroatoms. The van der Waals surface area contributed by atoms with Gasteiger partial charge >= 0.3 is 43.7 Å². The first-order valence-electron chi connectivity index (χ1n) is 5.90. The molecular weight excluding hydrogens is 240 g/mol. The van der Waals surface area contributed by atoms with Crippen LogP contribution in [0.2, 0.25) is 0 Å². The zero-order valence-corrected chi connectivity index (χ0v) is 10.1. The Morgan fingerprint density at radius 1 is 1.24 bits per heavy atom. The van der Waals surface area contributed by atoms with Crippen molar-refractivity contribution in [3.63, 3.8) is 0 Å². The van der Waals surface area contributed by atoms with Gasteiger partial charge in [0.2, 0.25) is 0 Å². The number of rotatable bonds is 6. The molecule has 0 aliphatic rings. The Balaban J connectivity index is 0.00000256. The molecule has 1 aromatic carbocycles. The monoisotopic (exact) mass is 262 g/mol. The first-order valence-corrected chi connectivity index (χ1v) is 5.90. The van der Waals surface area contributed by atoms with Crippen LogP contribution in [0, 0.1) is 0 Å². The van der Waals surface area contributed by atoms with Gasteiger partial charge < -0.3 is 5.11 Å². The number of carbonyl (C=O) groups is 1. The van der Waals surface area contributed by atoms with Crippen molar-refractivity contribution < 1.29 is 9.90 Å². The van der Waals surface area contributed by atoms with Gasteiger partial charge in [-0.3, -0.25) is 4.79 Å². The Kier molecular flexibility index (Phi) is 8.10. The summed E-state index contributed by atoms with van der Waals surface area (Å²) in [5, 5.41) is 9.39. The molecule has 0 heterocycles. The average Bonchev–Trinajstić information content (AvgIpc) is 2.30. The molecule has 1 rings (SSSR count). The van der Waals surface area contributed by atoms with Crippen LogP contribution in [0.3, 0.4) is 0 Å². The van der Waals surface area contributed by atoms with Crippen molar-refractivity contribution in [1.82, 2.24) is 0 Å². The molecule has 0 aliphatic heterocycles. The molecule has 0 spiro atoms. The van der Waals surface area contributed by atoms with E-state index < -0.39 is 11.4 Å². The predicted octanol–water partition coefficient (Wildman–Crippen LogP) is 2.69. The average molecular weight is 262 g/mol. The van der Waals surface area contributed by atoms with Gasteiger partial charge in [0.05, 0.1) is 5.41 Å². The normalized spacial score (nSPS) is 13.5. The summed E-state index contributed by atoms with van der Waals surface area (Å²) in [5.74, 6) is -0.727. The number of carboxylic acid groups (broad SMARTS) is 1. The molecule has 0 saturated carbocycles. The Hall–Kier alpha value is -0.0503. The molecule has 0 saturated heterocycles. The van der Waals surface area contributed by atoms with E-state index in [1.165, 1.54) is 0 Å². The van der Waals surface area contributed by atoms with E-state index in [2.05, 4.69) is 6.92 Å². The molecule has 1 N–H and O–H groups in total. The van der Waals surface area contributed by atoms with Gasteiger partial charge in [0.25, 0.3) is 0 Å². The van der Waals surface area contributed by atoms with Crippen LogP contribution < -0.4 is 0 Å². The van der Waals surface area contributed by atoms with Crippen LogP contribution in [0.25, 0.3) is 0 Å². The van der Waals surface area contributed by atoms with Crippen LogP contribution >= 0.6 is 0 Å². The van der Waals surface area contributed by atoms with Gasteiger partial charge in [-0.15, -0.1) is 0 Å². The van der Waals surface area contributed by atoms with Crippen LogP contribution in [-0.4, -0.2) is 48.8 Å². The summed E-state index contributed by atoms with van der Waals surface area (Å²) in [6, 6.07) is 9.52. The molecule has 1 atom stereocenters. The second kappa shape index (κ2) is 8.12. The standard InChI is InChI=1S/C14H20O2.Ca.2H/c1-3-4-8-11-14(2,13(15)16)12-9-6-5-7-10-12;;;/h5-7,9-10H,3-4,8,11H2,1-2H3,(H,15,16);;;. The van der Waals surface area contributed by atoms with Crippen LogP contribution in [0.1, 0.15) is 45.1 Å². The van der Waals surface area contributed by atoms with Crippen molar-refractivity contribution >= 4 is 43.7 Å². The Morgan fingerprint density at radius 3 is 2.29 bits per heavy atom. The Bertz CT molecular complexity index is 337. The third kappa shape index (κ3) is 4.61. The molecule has 0 aliphatic carbocycles. The van der Waals surface area contributed by atoms with Gasteiger partial charge in [-0.2, -0.15) is 0 Å². The predicted molar refractivity (Wildman–Crippen MR) is 74.1 cm³/mol. The number of aliphatic carboxylic acids is 1. The summed E-state index contributed by atoms with van der Waals surface area (Å²) >= 11 is 0. The topological polar surface area (TPSA) is 37.3 Å². The summed E-state index contributed by atoms with van der Waals surface area (Å²) in [5.41, 5.74) is 0.162. The molecule has 17 heavy (non-hydrogen) atoms. The molecule has 0 fully saturated rings. The second-order valence-electron chi connectivity index (χ2n) is 4.46. The van der Waals surface area contributed by atoms with E-state index in [0.29, 0.717) is 6.42 Å². The maximum absolute atomic E-state index is 11.4. The molecule has 0 aromatic heterocycles. The van der Waals surface area contributed by atoms with Gasteiger partial charge in [0.1, 0.15) is 0 Å². The van der Waals surface area contributed by atoms with Crippen molar-refractivity contribution in [2.24, 2.45) is 0 Å². The van der Waals surface area contributed by atoms with E-state index in [1.54, 1.807) is 0 Å². The summed E-state index contributed by atoms with van der Waals surface area (Å²) in [6.07, 6.45) is 3.88. The molecule has 0 radical (unpaired) electrons.